The third kappa shape index (κ3) is 4.70. The second-order valence-electron chi connectivity index (χ2n) is 9.87. The Balaban J connectivity index is 1.52. The molecule has 4 atom stereocenters. The zero-order valence-electron chi connectivity index (χ0n) is 21.6. The van der Waals surface area contributed by atoms with Crippen LogP contribution in [0.25, 0.3) is 10.4 Å². The number of thiazole rings is 1. The largest absolute Gasteiger partial charge is 0.543 e. The molecule has 2 aliphatic rings. The lowest BCUT2D eigenvalue weighted by Gasteiger charge is -2.47. The number of nitrogens with two attached hydrogens (primary N) is 1. The fourth-order valence-corrected chi connectivity index (χ4v) is 7.45. The molecule has 12 nitrogen and oxygen atoms in total. The Morgan fingerprint density at radius 3 is 2.73 bits per heavy atom. The minimum atomic E-state index is -1.48. The molecule has 0 spiro atoms. The number of amides is 1. The molecule has 1 amide bonds. The van der Waals surface area contributed by atoms with Gasteiger partial charge in [0.05, 0.1) is 40.2 Å². The van der Waals surface area contributed by atoms with Crippen LogP contribution in [0, 0.1) is 11.8 Å². The Kier molecular flexibility index (Phi) is 7.52. The highest BCUT2D eigenvalue weighted by molar-refractivity contribution is 7.98. The van der Waals surface area contributed by atoms with E-state index >= 15 is 0 Å². The Hall–Kier alpha value is -3.59. The zero-order chi connectivity index (χ0) is 28.9. The minimum absolute atomic E-state index is 0.132. The van der Waals surface area contributed by atoms with Crippen molar-refractivity contribution in [3.63, 3.8) is 0 Å². The lowest BCUT2D eigenvalue weighted by atomic mass is 9.77. The number of imidazole rings is 1. The van der Waals surface area contributed by atoms with E-state index in [1.807, 2.05) is 0 Å². The Labute approximate surface area is 236 Å². The number of nitrogens with zero attached hydrogens (tertiary/aromatic N) is 4. The molecule has 14 heteroatoms. The third-order valence-corrected chi connectivity index (χ3v) is 9.35. The summed E-state index contributed by atoms with van der Waals surface area (Å²) >= 11 is 2.73. The molecule has 3 aromatic heterocycles. The van der Waals surface area contributed by atoms with Gasteiger partial charge in [-0.05, 0) is 13.0 Å². The minimum Gasteiger partial charge on any atom is -0.543 e. The van der Waals surface area contributed by atoms with E-state index in [4.69, 9.17) is 5.73 Å². The van der Waals surface area contributed by atoms with Gasteiger partial charge < -0.3 is 30.7 Å². The summed E-state index contributed by atoms with van der Waals surface area (Å²) < 4.78 is 3.06. The molecule has 40 heavy (non-hydrogen) atoms. The van der Waals surface area contributed by atoms with Gasteiger partial charge in [-0.3, -0.25) is 14.0 Å². The molecule has 210 valence electrons. The monoisotopic (exact) mass is 585 g/mol. The number of aliphatic carboxylic acids is 2. The summed E-state index contributed by atoms with van der Waals surface area (Å²) in [5.41, 5.74) is 6.92. The van der Waals surface area contributed by atoms with E-state index in [-0.39, 0.29) is 23.5 Å². The summed E-state index contributed by atoms with van der Waals surface area (Å²) in [6.07, 6.45) is 5.33. The van der Waals surface area contributed by atoms with E-state index in [1.165, 1.54) is 40.3 Å². The van der Waals surface area contributed by atoms with Crippen LogP contribution in [0.5, 0.6) is 0 Å². The first-order valence-corrected chi connectivity index (χ1v) is 14.5. The maximum absolute atomic E-state index is 13.6. The number of carboxylic acid groups (broad SMARTS) is 2. The van der Waals surface area contributed by atoms with E-state index in [0.717, 1.165) is 5.56 Å². The predicted molar refractivity (Wildman–Crippen MR) is 143 cm³/mol. The number of hydrogen-bond donors (Lipinski definition) is 3. The number of β-lactam (4-membered cyclic amide) rings is 1. The normalized spacial score (nSPS) is 21.1. The van der Waals surface area contributed by atoms with E-state index in [9.17, 15) is 34.5 Å². The molecular formula is C26H27N5O7S2. The number of carbonyl (C=O) groups is 4. The lowest BCUT2D eigenvalue weighted by Crippen LogP contribution is -2.64. The van der Waals surface area contributed by atoms with Crippen molar-refractivity contribution in [3.8, 4) is 0 Å². The van der Waals surface area contributed by atoms with Crippen LogP contribution in [0.2, 0.25) is 0 Å². The maximum atomic E-state index is 13.6. The van der Waals surface area contributed by atoms with Crippen molar-refractivity contribution in [1.29, 1.82) is 0 Å². The van der Waals surface area contributed by atoms with Gasteiger partial charge in [0, 0.05) is 41.3 Å². The van der Waals surface area contributed by atoms with Gasteiger partial charge in [0.25, 0.3) is 0 Å². The summed E-state index contributed by atoms with van der Waals surface area (Å²) in [4.78, 5) is 56.3. The van der Waals surface area contributed by atoms with Gasteiger partial charge in [-0.1, -0.05) is 6.92 Å². The number of hydrogen-bond acceptors (Lipinski definition) is 10. The molecule has 1 fully saturated rings. The van der Waals surface area contributed by atoms with Crippen molar-refractivity contribution in [1.82, 2.24) is 14.3 Å². The van der Waals surface area contributed by atoms with Crippen LogP contribution in [0.3, 0.4) is 0 Å². The number of aliphatic hydroxyl groups excluding tert-OH is 1. The smallest absolute Gasteiger partial charge is 0.370 e. The molecule has 0 aliphatic carbocycles. The van der Waals surface area contributed by atoms with Gasteiger partial charge in [-0.25, -0.2) is 9.78 Å². The molecule has 0 saturated carbocycles. The van der Waals surface area contributed by atoms with Gasteiger partial charge in [0.1, 0.15) is 16.9 Å². The van der Waals surface area contributed by atoms with Crippen molar-refractivity contribution < 1.29 is 39.1 Å². The number of aromatic nitrogens is 3. The van der Waals surface area contributed by atoms with Crippen molar-refractivity contribution in [2.45, 2.75) is 38.3 Å². The first kappa shape index (κ1) is 28.0. The Bertz CT molecular complexity index is 1580. The first-order chi connectivity index (χ1) is 19.0. The van der Waals surface area contributed by atoms with Crippen LogP contribution in [-0.4, -0.2) is 72.6 Å². The van der Waals surface area contributed by atoms with Gasteiger partial charge in [-0.2, -0.15) is 16.3 Å². The second-order valence-corrected chi connectivity index (χ2v) is 12.0. The van der Waals surface area contributed by atoms with Gasteiger partial charge in [0.15, 0.2) is 12.4 Å². The standard InChI is InChI=1S/C26H27N5O7S2/c1-12-18(22(26(37)38)31-21(12)19(13(2)32)24(31)36)16-8-30-11-28-20(25(30)40-16)23(35)15-5-14(10-39-4-3-27)6-29(7-15)9-17(33)34/h5-8,11-13,19,21,32H,3-4,9-10,27H2,1-2H3,(H-,33,34,37,38)/t12-,13+,19+,21+/m0/s1. The molecule has 0 unspecified atom stereocenters. The number of thioether (sulfide) groups is 1. The average molecular weight is 586 g/mol. The van der Waals surface area contributed by atoms with Crippen molar-refractivity contribution in [2.24, 2.45) is 17.6 Å². The molecule has 3 aromatic rings. The highest BCUT2D eigenvalue weighted by Gasteiger charge is 2.58. The van der Waals surface area contributed by atoms with Crippen molar-refractivity contribution in [3.05, 3.63) is 58.4 Å². The number of rotatable bonds is 11. The number of carbonyl (C=O) groups excluding carboxylic acids is 3. The fraction of sp³-hybridized carbons (Fsp3) is 0.385. The van der Waals surface area contributed by atoms with Crippen LogP contribution in [0.4, 0.5) is 0 Å². The highest BCUT2D eigenvalue weighted by Crippen LogP contribution is 2.51. The SMILES string of the molecule is C[C@@H](O)[C@H]1C(=O)N2C(C(=O)[O-])=C(c3cn4cnc(C(=O)c5cc(CSCCN)c[n+](CC(=O)O)c5)c4s3)[C@H](C)[C@H]12. The molecule has 0 aromatic carbocycles. The second kappa shape index (κ2) is 10.8. The molecule has 0 radical (unpaired) electrons. The number of fused-ring (bicyclic) bond motifs is 2. The van der Waals surface area contributed by atoms with E-state index in [2.05, 4.69) is 4.98 Å². The number of aliphatic hydroxyl groups is 1. The van der Waals surface area contributed by atoms with Crippen molar-refractivity contribution in [2.75, 3.05) is 12.3 Å². The summed E-state index contributed by atoms with van der Waals surface area (Å²) in [5, 5.41) is 31.5. The maximum Gasteiger partial charge on any atom is 0.370 e. The quantitative estimate of drug-likeness (QED) is 0.115. The average Bonchev–Trinajstić information content (AvgIpc) is 3.53. The topological polar surface area (TPSA) is 182 Å². The number of carboxylic acids is 2. The molecule has 1 saturated heterocycles. The van der Waals surface area contributed by atoms with E-state index in [0.29, 0.717) is 33.3 Å². The zero-order valence-corrected chi connectivity index (χ0v) is 23.3. The number of ketones is 1. The van der Waals surface area contributed by atoms with Gasteiger partial charge in [0.2, 0.25) is 18.2 Å². The molecule has 4 N–H and O–H groups in total. The molecule has 5 heterocycles. The summed E-state index contributed by atoms with van der Waals surface area (Å²) in [6, 6.07) is 1.20. The van der Waals surface area contributed by atoms with Gasteiger partial charge >= 0.3 is 5.97 Å². The molecule has 5 rings (SSSR count). The van der Waals surface area contributed by atoms with Crippen molar-refractivity contribution >= 4 is 57.1 Å². The molecule has 2 aliphatic heterocycles. The molecule has 0 bridgehead atoms. The predicted octanol–water partition coefficient (Wildman–Crippen LogP) is -0.491. The van der Waals surface area contributed by atoms with E-state index in [1.54, 1.807) is 41.5 Å². The van der Waals surface area contributed by atoms with Crippen LogP contribution < -0.4 is 15.4 Å². The Morgan fingerprint density at radius 1 is 1.32 bits per heavy atom. The third-order valence-electron chi connectivity index (χ3n) is 7.15. The van der Waals surface area contributed by atoms with Gasteiger partial charge in [-0.15, -0.1) is 11.3 Å². The Morgan fingerprint density at radius 2 is 2.08 bits per heavy atom. The molecular weight excluding hydrogens is 558 g/mol. The summed E-state index contributed by atoms with van der Waals surface area (Å²) in [7, 11) is 0. The van der Waals surface area contributed by atoms with Crippen LogP contribution >= 0.6 is 23.1 Å². The number of pyridine rings is 1. The van der Waals surface area contributed by atoms with Crippen LogP contribution in [-0.2, 0) is 26.7 Å². The highest BCUT2D eigenvalue weighted by atomic mass is 32.2. The first-order valence-electron chi connectivity index (χ1n) is 12.5. The fourth-order valence-electron chi connectivity index (χ4n) is 5.53. The summed E-state index contributed by atoms with van der Waals surface area (Å²) in [6.45, 7) is 3.49. The lowest BCUT2D eigenvalue weighted by molar-refractivity contribution is -0.686. The summed E-state index contributed by atoms with van der Waals surface area (Å²) in [5.74, 6) is -3.25. The van der Waals surface area contributed by atoms with E-state index < -0.39 is 47.6 Å². The van der Waals surface area contributed by atoms with Crippen LogP contribution in [0.1, 0.15) is 40.3 Å². The van der Waals surface area contributed by atoms with Crippen LogP contribution in [0.15, 0.2) is 36.7 Å².